The number of aliphatic hydroxyl groups is 1. The number of alkyl halides is 1. The molecule has 8 heteroatoms. The number of methoxy groups -OCH3 is 1. The molecule has 1 aromatic rings. The van der Waals surface area contributed by atoms with Crippen LogP contribution in [0.4, 0.5) is 9.18 Å². The predicted molar refractivity (Wildman–Crippen MR) is 94.0 cm³/mol. The molecule has 0 aromatic heterocycles. The Hall–Kier alpha value is -1.90. The van der Waals surface area contributed by atoms with E-state index >= 15 is 0 Å². The monoisotopic (exact) mass is 357 g/mol. The lowest BCUT2D eigenvalue weighted by atomic mass is 10.00. The van der Waals surface area contributed by atoms with Gasteiger partial charge in [-0.3, -0.25) is 0 Å². The zero-order valence-corrected chi connectivity index (χ0v) is 14.7. The van der Waals surface area contributed by atoms with Crippen molar-refractivity contribution in [3.63, 3.8) is 0 Å². The summed E-state index contributed by atoms with van der Waals surface area (Å²) >= 11 is 0. The minimum atomic E-state index is -1.35. The van der Waals surface area contributed by atoms with E-state index in [1.54, 1.807) is 7.11 Å². The molecule has 0 radical (unpaired) electrons. The number of benzene rings is 1. The van der Waals surface area contributed by atoms with E-state index in [9.17, 15) is 9.18 Å². The van der Waals surface area contributed by atoms with Crippen LogP contribution in [0.15, 0.2) is 24.3 Å². The number of hydrogen-bond donors (Lipinski definition) is 5. The zero-order chi connectivity index (χ0) is 18.7. The molecule has 1 unspecified atom stereocenters. The van der Waals surface area contributed by atoms with Gasteiger partial charge < -0.3 is 30.9 Å². The first-order chi connectivity index (χ1) is 11.8. The first-order valence-corrected chi connectivity index (χ1v) is 8.20. The minimum Gasteiger partial charge on any atom is -0.497 e. The summed E-state index contributed by atoms with van der Waals surface area (Å²) in [5.41, 5.74) is -0.0888. The zero-order valence-electron chi connectivity index (χ0n) is 14.7. The number of aliphatic hydroxyl groups excluding tert-OH is 1. The van der Waals surface area contributed by atoms with Crippen LogP contribution >= 0.6 is 0 Å². The summed E-state index contributed by atoms with van der Waals surface area (Å²) in [6.45, 7) is 4.20. The average Bonchev–Trinajstić information content (AvgIpc) is 3.04. The first-order valence-electron chi connectivity index (χ1n) is 8.20. The molecule has 2 fully saturated rings. The molecule has 7 nitrogen and oxygen atoms in total. The van der Waals surface area contributed by atoms with E-state index < -0.39 is 11.8 Å². The Balaban J connectivity index is 0.000000193. The fourth-order valence-corrected chi connectivity index (χ4v) is 2.07. The number of carboxylic acid groups (broad SMARTS) is 1. The van der Waals surface area contributed by atoms with Crippen molar-refractivity contribution in [3.05, 3.63) is 29.8 Å². The third-order valence-corrected chi connectivity index (χ3v) is 3.73. The topological polar surface area (TPSA) is 103 Å². The molecule has 0 aliphatic carbocycles. The van der Waals surface area contributed by atoms with Gasteiger partial charge in [-0.1, -0.05) is 17.7 Å². The molecule has 2 aliphatic heterocycles. The van der Waals surface area contributed by atoms with E-state index in [1.165, 1.54) is 5.56 Å². The van der Waals surface area contributed by atoms with Gasteiger partial charge in [0, 0.05) is 19.6 Å². The summed E-state index contributed by atoms with van der Waals surface area (Å²) < 4.78 is 17.8. The van der Waals surface area contributed by atoms with Crippen molar-refractivity contribution in [1.82, 2.24) is 16.0 Å². The molecule has 1 aromatic carbocycles. The van der Waals surface area contributed by atoms with Gasteiger partial charge in [-0.2, -0.15) is 0 Å². The Bertz CT molecular complexity index is 503. The summed E-state index contributed by atoms with van der Waals surface area (Å²) in [7, 11) is 1.67. The fourth-order valence-electron chi connectivity index (χ4n) is 2.07. The van der Waals surface area contributed by atoms with Crippen LogP contribution in [0.5, 0.6) is 5.75 Å². The van der Waals surface area contributed by atoms with Gasteiger partial charge in [-0.05, 0) is 32.0 Å². The highest BCUT2D eigenvalue weighted by Gasteiger charge is 2.36. The van der Waals surface area contributed by atoms with Crippen LogP contribution in [0.2, 0.25) is 0 Å². The lowest BCUT2D eigenvalue weighted by Crippen LogP contribution is -2.61. The van der Waals surface area contributed by atoms with Crippen LogP contribution in [-0.2, 0) is 0 Å². The Morgan fingerprint density at radius 1 is 1.36 bits per heavy atom. The van der Waals surface area contributed by atoms with Crippen LogP contribution < -0.4 is 20.7 Å². The lowest BCUT2D eigenvalue weighted by Gasteiger charge is -2.34. The Kier molecular flexibility index (Phi) is 9.18. The maximum absolute atomic E-state index is 12.9. The SMILES string of the molecule is COc1ccc(C)cc1.O=C(O)NCC1(F)CNC1.OC1CCNC1. The summed E-state index contributed by atoms with van der Waals surface area (Å²) in [5, 5.41) is 24.5. The van der Waals surface area contributed by atoms with Crippen molar-refractivity contribution >= 4 is 6.09 Å². The molecular formula is C17H28FN3O4. The van der Waals surface area contributed by atoms with Crippen molar-refractivity contribution in [3.8, 4) is 5.75 Å². The van der Waals surface area contributed by atoms with Crippen molar-refractivity contribution in [2.75, 3.05) is 39.8 Å². The Morgan fingerprint density at radius 2 is 2.00 bits per heavy atom. The van der Waals surface area contributed by atoms with Gasteiger partial charge in [0.25, 0.3) is 0 Å². The molecule has 5 N–H and O–H groups in total. The molecule has 3 rings (SSSR count). The number of ether oxygens (including phenoxy) is 1. The van der Waals surface area contributed by atoms with E-state index in [1.807, 2.05) is 29.6 Å². The molecule has 2 saturated heterocycles. The molecular weight excluding hydrogens is 329 g/mol. The highest BCUT2D eigenvalue weighted by molar-refractivity contribution is 5.64. The third-order valence-electron chi connectivity index (χ3n) is 3.73. The number of halogens is 1. The van der Waals surface area contributed by atoms with Crippen molar-refractivity contribution in [2.45, 2.75) is 25.1 Å². The maximum Gasteiger partial charge on any atom is 0.404 e. The molecule has 25 heavy (non-hydrogen) atoms. The lowest BCUT2D eigenvalue weighted by molar-refractivity contribution is 0.0879. The second-order valence-electron chi connectivity index (χ2n) is 6.08. The number of hydrogen-bond acceptors (Lipinski definition) is 5. The predicted octanol–water partition coefficient (Wildman–Crippen LogP) is 0.910. The van der Waals surface area contributed by atoms with Crippen molar-refractivity contribution < 1.29 is 24.1 Å². The summed E-state index contributed by atoms with van der Waals surface area (Å²) in [6, 6.07) is 7.96. The number of aryl methyl sites for hydroxylation is 1. The van der Waals surface area contributed by atoms with E-state index in [2.05, 4.69) is 17.6 Å². The van der Waals surface area contributed by atoms with Crippen molar-refractivity contribution in [1.29, 1.82) is 0 Å². The van der Waals surface area contributed by atoms with E-state index in [0.29, 0.717) is 0 Å². The van der Waals surface area contributed by atoms with E-state index in [-0.39, 0.29) is 25.7 Å². The number of amides is 1. The van der Waals surface area contributed by atoms with Gasteiger partial charge in [-0.15, -0.1) is 0 Å². The highest BCUT2D eigenvalue weighted by atomic mass is 19.1. The van der Waals surface area contributed by atoms with Crippen molar-refractivity contribution in [2.24, 2.45) is 0 Å². The summed E-state index contributed by atoms with van der Waals surface area (Å²) in [5.74, 6) is 0.917. The van der Waals surface area contributed by atoms with Gasteiger partial charge in [0.1, 0.15) is 5.75 Å². The van der Waals surface area contributed by atoms with E-state index in [0.717, 1.165) is 25.3 Å². The van der Waals surface area contributed by atoms with Crippen LogP contribution in [0.1, 0.15) is 12.0 Å². The molecule has 1 atom stereocenters. The molecule has 142 valence electrons. The minimum absolute atomic E-state index is 0.0648. The van der Waals surface area contributed by atoms with Crippen LogP contribution in [0.3, 0.4) is 0 Å². The fraction of sp³-hybridized carbons (Fsp3) is 0.588. The quantitative estimate of drug-likeness (QED) is 0.551. The molecule has 0 saturated carbocycles. The highest BCUT2D eigenvalue weighted by Crippen LogP contribution is 2.14. The largest absolute Gasteiger partial charge is 0.497 e. The van der Waals surface area contributed by atoms with Gasteiger partial charge >= 0.3 is 6.09 Å². The number of rotatable bonds is 3. The average molecular weight is 357 g/mol. The number of carbonyl (C=O) groups is 1. The number of β-amino-alcohol motifs (C(OH)–C–C–N with tert-alkyl or cyclic N) is 1. The molecule has 1 amide bonds. The standard InChI is InChI=1S/C8H10O.C5H9FN2O2.C4H9NO/c1-7-3-5-8(9-2)6-4-7;6-5(1-7-2-5)3-8-4(9)10;6-4-1-2-5-3-4/h3-6H,1-2H3;7-8H,1-3H2,(H,9,10);4-6H,1-3H2. The van der Waals surface area contributed by atoms with E-state index in [4.69, 9.17) is 14.9 Å². The van der Waals surface area contributed by atoms with Gasteiger partial charge in [-0.25, -0.2) is 9.18 Å². The molecule has 0 spiro atoms. The number of nitrogens with one attached hydrogen (secondary N) is 3. The molecule has 2 aliphatic rings. The van der Waals surface area contributed by atoms with Crippen LogP contribution in [0.25, 0.3) is 0 Å². The van der Waals surface area contributed by atoms with Crippen LogP contribution in [0, 0.1) is 6.92 Å². The van der Waals surface area contributed by atoms with Gasteiger partial charge in [0.2, 0.25) is 0 Å². The molecule has 2 heterocycles. The van der Waals surface area contributed by atoms with Gasteiger partial charge in [0.05, 0.1) is 19.8 Å². The van der Waals surface area contributed by atoms with Crippen LogP contribution in [-0.4, -0.2) is 67.9 Å². The summed E-state index contributed by atoms with van der Waals surface area (Å²) in [6.07, 6.45) is -0.311. The third kappa shape index (κ3) is 9.23. The second kappa shape index (κ2) is 10.9. The second-order valence-corrected chi connectivity index (χ2v) is 6.08. The first kappa shape index (κ1) is 21.1. The molecule has 0 bridgehead atoms. The summed E-state index contributed by atoms with van der Waals surface area (Å²) in [4.78, 5) is 9.89. The maximum atomic E-state index is 12.9. The Labute approximate surface area is 147 Å². The van der Waals surface area contributed by atoms with Gasteiger partial charge in [0.15, 0.2) is 5.67 Å². The Morgan fingerprint density at radius 3 is 2.32 bits per heavy atom. The smallest absolute Gasteiger partial charge is 0.404 e. The normalized spacial score (nSPS) is 20.1.